The van der Waals surface area contributed by atoms with Crippen LogP contribution >= 0.6 is 11.6 Å². The number of aryl methyl sites for hydroxylation is 2. The molecule has 0 amide bonds. The first kappa shape index (κ1) is 13.5. The lowest BCUT2D eigenvalue weighted by Gasteiger charge is -2.08. The second-order valence-corrected chi connectivity index (χ2v) is 4.51. The monoisotopic (exact) mass is 282 g/mol. The zero-order chi connectivity index (χ0) is 13.7. The van der Waals surface area contributed by atoms with E-state index < -0.39 is 0 Å². The number of anilines is 1. The Kier molecular flexibility index (Phi) is 4.51. The summed E-state index contributed by atoms with van der Waals surface area (Å²) in [5, 5.41) is 14.7. The number of aromatic nitrogens is 5. The Morgan fingerprint density at radius 2 is 2.05 bits per heavy atom. The van der Waals surface area contributed by atoms with Crippen LogP contribution in [0.2, 0.25) is 5.02 Å². The van der Waals surface area contributed by atoms with Gasteiger partial charge in [0.1, 0.15) is 17.7 Å². The lowest BCUT2D eigenvalue weighted by Crippen LogP contribution is -2.21. The van der Waals surface area contributed by atoms with Gasteiger partial charge in [0.15, 0.2) is 0 Å². The standard InChI is InChI=1S/C11H15ClN6O/c1-17-11(19)10(12)9(6-16-17)13-4-2-3-5-18-7-14-15-8-18/h6-8,13H,2-5H2,1H3. The molecular formula is C11H15ClN6O. The molecule has 2 aromatic rings. The summed E-state index contributed by atoms with van der Waals surface area (Å²) >= 11 is 5.94. The van der Waals surface area contributed by atoms with E-state index in [4.69, 9.17) is 11.6 Å². The number of hydrogen-bond donors (Lipinski definition) is 1. The SMILES string of the molecule is Cn1ncc(NCCCCn2cnnc2)c(Cl)c1=O. The average Bonchev–Trinajstić information content (AvgIpc) is 2.91. The van der Waals surface area contributed by atoms with Gasteiger partial charge in [0.2, 0.25) is 0 Å². The number of nitrogens with one attached hydrogen (secondary N) is 1. The fourth-order valence-corrected chi connectivity index (χ4v) is 1.85. The summed E-state index contributed by atoms with van der Waals surface area (Å²) in [5.74, 6) is 0. The van der Waals surface area contributed by atoms with E-state index in [2.05, 4.69) is 20.6 Å². The van der Waals surface area contributed by atoms with Gasteiger partial charge in [-0.1, -0.05) is 11.6 Å². The molecule has 0 aliphatic rings. The van der Waals surface area contributed by atoms with Crippen molar-refractivity contribution in [1.82, 2.24) is 24.5 Å². The summed E-state index contributed by atoms with van der Waals surface area (Å²) in [6.45, 7) is 1.61. The third kappa shape index (κ3) is 3.54. The highest BCUT2D eigenvalue weighted by Gasteiger charge is 2.06. The largest absolute Gasteiger partial charge is 0.382 e. The zero-order valence-electron chi connectivity index (χ0n) is 10.6. The Bertz CT molecular complexity index is 579. The molecule has 2 heterocycles. The molecule has 0 spiro atoms. The van der Waals surface area contributed by atoms with E-state index in [-0.39, 0.29) is 10.6 Å². The maximum absolute atomic E-state index is 11.5. The average molecular weight is 283 g/mol. The van der Waals surface area contributed by atoms with Gasteiger partial charge < -0.3 is 9.88 Å². The van der Waals surface area contributed by atoms with Gasteiger partial charge in [-0.05, 0) is 12.8 Å². The van der Waals surface area contributed by atoms with E-state index in [1.165, 1.54) is 4.68 Å². The first-order valence-corrected chi connectivity index (χ1v) is 6.34. The molecule has 102 valence electrons. The minimum atomic E-state index is -0.295. The van der Waals surface area contributed by atoms with Crippen molar-refractivity contribution in [3.05, 3.63) is 34.2 Å². The topological polar surface area (TPSA) is 77.6 Å². The highest BCUT2D eigenvalue weighted by molar-refractivity contribution is 6.32. The normalized spacial score (nSPS) is 10.6. The van der Waals surface area contributed by atoms with Crippen LogP contribution in [0.25, 0.3) is 0 Å². The Labute approximate surface area is 115 Å². The lowest BCUT2D eigenvalue weighted by atomic mass is 10.3. The summed E-state index contributed by atoms with van der Waals surface area (Å²) in [6, 6.07) is 0. The zero-order valence-corrected chi connectivity index (χ0v) is 11.3. The molecule has 0 radical (unpaired) electrons. The number of unbranched alkanes of at least 4 members (excludes halogenated alkanes) is 1. The van der Waals surface area contributed by atoms with Gasteiger partial charge in [-0.25, -0.2) is 4.68 Å². The molecular weight excluding hydrogens is 268 g/mol. The quantitative estimate of drug-likeness (QED) is 0.797. The van der Waals surface area contributed by atoms with Crippen molar-refractivity contribution in [2.75, 3.05) is 11.9 Å². The first-order chi connectivity index (χ1) is 9.18. The number of nitrogens with zero attached hydrogens (tertiary/aromatic N) is 5. The van der Waals surface area contributed by atoms with Crippen molar-refractivity contribution in [1.29, 1.82) is 0 Å². The van der Waals surface area contributed by atoms with Gasteiger partial charge >= 0.3 is 0 Å². The van der Waals surface area contributed by atoms with Crippen LogP contribution in [0.3, 0.4) is 0 Å². The van der Waals surface area contributed by atoms with Crippen molar-refractivity contribution in [3.8, 4) is 0 Å². The molecule has 0 saturated carbocycles. The van der Waals surface area contributed by atoms with Crippen molar-refractivity contribution in [2.45, 2.75) is 19.4 Å². The first-order valence-electron chi connectivity index (χ1n) is 5.96. The van der Waals surface area contributed by atoms with Gasteiger partial charge in [0, 0.05) is 20.1 Å². The molecule has 0 aromatic carbocycles. The van der Waals surface area contributed by atoms with E-state index >= 15 is 0 Å². The molecule has 7 nitrogen and oxygen atoms in total. The summed E-state index contributed by atoms with van der Waals surface area (Å²) in [5.41, 5.74) is 0.283. The van der Waals surface area contributed by atoms with Crippen LogP contribution in [-0.4, -0.2) is 31.1 Å². The molecule has 0 unspecified atom stereocenters. The molecule has 8 heteroatoms. The minimum Gasteiger partial charge on any atom is -0.382 e. The van der Waals surface area contributed by atoms with Crippen molar-refractivity contribution >= 4 is 17.3 Å². The van der Waals surface area contributed by atoms with Crippen molar-refractivity contribution in [3.63, 3.8) is 0 Å². The van der Waals surface area contributed by atoms with Crippen LogP contribution in [0.5, 0.6) is 0 Å². The Hall–Kier alpha value is -1.89. The second kappa shape index (κ2) is 6.33. The molecule has 19 heavy (non-hydrogen) atoms. The molecule has 1 N–H and O–H groups in total. The van der Waals surface area contributed by atoms with Gasteiger partial charge in [-0.2, -0.15) is 5.10 Å². The fraction of sp³-hybridized carbons (Fsp3) is 0.455. The van der Waals surface area contributed by atoms with Crippen LogP contribution in [-0.2, 0) is 13.6 Å². The van der Waals surface area contributed by atoms with E-state index in [1.807, 2.05) is 4.57 Å². The molecule has 0 saturated heterocycles. The van der Waals surface area contributed by atoms with Crippen molar-refractivity contribution < 1.29 is 0 Å². The summed E-state index contributed by atoms with van der Waals surface area (Å²) in [4.78, 5) is 11.5. The van der Waals surface area contributed by atoms with Crippen molar-refractivity contribution in [2.24, 2.45) is 7.05 Å². The van der Waals surface area contributed by atoms with E-state index in [0.29, 0.717) is 5.69 Å². The van der Waals surface area contributed by atoms with Gasteiger partial charge in [0.25, 0.3) is 5.56 Å². The highest BCUT2D eigenvalue weighted by Crippen LogP contribution is 2.14. The van der Waals surface area contributed by atoms with Gasteiger partial charge in [0.05, 0.1) is 11.9 Å². The number of halogens is 1. The van der Waals surface area contributed by atoms with Gasteiger partial charge in [-0.15, -0.1) is 10.2 Å². The van der Waals surface area contributed by atoms with Crippen LogP contribution in [0.15, 0.2) is 23.6 Å². The van der Waals surface area contributed by atoms with Gasteiger partial charge in [-0.3, -0.25) is 4.79 Å². The molecule has 0 fully saturated rings. The predicted octanol–water partition coefficient (Wildman–Crippen LogP) is 0.917. The Balaban J connectivity index is 1.77. The molecule has 2 aromatic heterocycles. The summed E-state index contributed by atoms with van der Waals surface area (Å²) in [6.07, 6.45) is 6.87. The van der Waals surface area contributed by atoms with Crippen LogP contribution in [0.4, 0.5) is 5.69 Å². The molecule has 0 aliphatic heterocycles. The fourth-order valence-electron chi connectivity index (χ4n) is 1.61. The molecule has 0 atom stereocenters. The highest BCUT2D eigenvalue weighted by atomic mass is 35.5. The van der Waals surface area contributed by atoms with Crippen LogP contribution < -0.4 is 10.9 Å². The summed E-state index contributed by atoms with van der Waals surface area (Å²) < 4.78 is 3.13. The molecule has 0 bridgehead atoms. The van der Waals surface area contributed by atoms with Crippen LogP contribution in [0, 0.1) is 0 Å². The van der Waals surface area contributed by atoms with E-state index in [9.17, 15) is 4.79 Å². The Morgan fingerprint density at radius 1 is 1.32 bits per heavy atom. The second-order valence-electron chi connectivity index (χ2n) is 4.13. The third-order valence-electron chi connectivity index (χ3n) is 2.70. The maximum Gasteiger partial charge on any atom is 0.287 e. The third-order valence-corrected chi connectivity index (χ3v) is 3.07. The van der Waals surface area contributed by atoms with Crippen LogP contribution in [0.1, 0.15) is 12.8 Å². The molecule has 0 aliphatic carbocycles. The summed E-state index contributed by atoms with van der Waals surface area (Å²) in [7, 11) is 1.57. The smallest absolute Gasteiger partial charge is 0.287 e. The Morgan fingerprint density at radius 3 is 2.79 bits per heavy atom. The molecule has 2 rings (SSSR count). The lowest BCUT2D eigenvalue weighted by molar-refractivity contribution is 0.619. The van der Waals surface area contributed by atoms with E-state index in [1.54, 1.807) is 25.9 Å². The minimum absolute atomic E-state index is 0.177. The number of hydrogen-bond acceptors (Lipinski definition) is 5. The van der Waals surface area contributed by atoms with E-state index in [0.717, 1.165) is 25.9 Å². The number of rotatable bonds is 6. The predicted molar refractivity (Wildman–Crippen MR) is 72.2 cm³/mol. The maximum atomic E-state index is 11.5.